The normalized spacial score (nSPS) is 17.5. The zero-order chi connectivity index (χ0) is 20.4. The first-order valence-electron chi connectivity index (χ1n) is 9.51. The van der Waals surface area contributed by atoms with E-state index in [-0.39, 0.29) is 5.92 Å². The predicted octanol–water partition coefficient (Wildman–Crippen LogP) is 4.96. The highest BCUT2D eigenvalue weighted by molar-refractivity contribution is 7.09. The van der Waals surface area contributed by atoms with E-state index in [0.29, 0.717) is 23.1 Å². The summed E-state index contributed by atoms with van der Waals surface area (Å²) in [5.41, 5.74) is 0.807. The van der Waals surface area contributed by atoms with Crippen molar-refractivity contribution in [2.75, 3.05) is 18.0 Å². The summed E-state index contributed by atoms with van der Waals surface area (Å²) in [6.45, 7) is 3.42. The smallest absolute Gasteiger partial charge is 0.356 e. The topological polar surface area (TPSA) is 54.8 Å². The maximum absolute atomic E-state index is 12.9. The minimum Gasteiger partial charge on any atom is -0.356 e. The maximum Gasteiger partial charge on any atom is 0.434 e. The predicted molar refractivity (Wildman–Crippen MR) is 106 cm³/mol. The van der Waals surface area contributed by atoms with Crippen LogP contribution in [-0.2, 0) is 12.6 Å². The lowest BCUT2D eigenvalue weighted by molar-refractivity contribution is -0.140. The molecule has 0 aromatic carbocycles. The molecule has 1 saturated heterocycles. The second-order valence-electron chi connectivity index (χ2n) is 6.96. The lowest BCUT2D eigenvalue weighted by Crippen LogP contribution is -2.35. The molecule has 0 aliphatic carbocycles. The van der Waals surface area contributed by atoms with E-state index in [1.165, 1.54) is 0 Å². The van der Waals surface area contributed by atoms with Gasteiger partial charge in [-0.1, -0.05) is 13.0 Å². The number of hydrogen-bond acceptors (Lipinski definition) is 6. The number of hydrogen-bond donors (Lipinski definition) is 0. The first kappa shape index (κ1) is 19.8. The number of nitrogens with zero attached hydrogens (tertiary/aromatic N) is 5. The molecule has 152 valence electrons. The quantitative estimate of drug-likeness (QED) is 0.598. The minimum absolute atomic E-state index is 0.0387. The van der Waals surface area contributed by atoms with Crippen LogP contribution in [0.25, 0.3) is 11.5 Å². The van der Waals surface area contributed by atoms with Crippen molar-refractivity contribution >= 4 is 17.2 Å². The Morgan fingerprint density at radius 1 is 1.21 bits per heavy atom. The number of halogens is 3. The van der Waals surface area contributed by atoms with E-state index in [0.717, 1.165) is 54.0 Å². The Kier molecular flexibility index (Phi) is 5.49. The summed E-state index contributed by atoms with van der Waals surface area (Å²) in [4.78, 5) is 19.6. The molecule has 4 heterocycles. The van der Waals surface area contributed by atoms with E-state index < -0.39 is 11.9 Å². The van der Waals surface area contributed by atoms with Gasteiger partial charge in [0.15, 0.2) is 11.5 Å². The molecular weight excluding hydrogens is 399 g/mol. The first-order valence-corrected chi connectivity index (χ1v) is 10.4. The van der Waals surface area contributed by atoms with Crippen LogP contribution >= 0.6 is 11.3 Å². The molecule has 1 aliphatic heterocycles. The molecule has 1 atom stereocenters. The van der Waals surface area contributed by atoms with Gasteiger partial charge in [-0.3, -0.25) is 4.98 Å². The molecule has 9 heteroatoms. The molecule has 4 rings (SSSR count). The van der Waals surface area contributed by atoms with Gasteiger partial charge in [0.1, 0.15) is 11.5 Å². The number of rotatable bonds is 4. The lowest BCUT2D eigenvalue weighted by atomic mass is 9.98. The Morgan fingerprint density at radius 3 is 2.76 bits per heavy atom. The van der Waals surface area contributed by atoms with Crippen LogP contribution in [0.3, 0.4) is 0 Å². The van der Waals surface area contributed by atoms with Gasteiger partial charge >= 0.3 is 6.18 Å². The zero-order valence-electron chi connectivity index (χ0n) is 15.9. The van der Waals surface area contributed by atoms with Crippen LogP contribution in [0, 0.1) is 0 Å². The van der Waals surface area contributed by atoms with E-state index in [4.69, 9.17) is 4.98 Å². The van der Waals surface area contributed by atoms with Gasteiger partial charge in [0, 0.05) is 42.3 Å². The monoisotopic (exact) mass is 419 g/mol. The lowest BCUT2D eigenvalue weighted by Gasteiger charge is -2.33. The number of alkyl halides is 3. The fraction of sp³-hybridized carbons (Fsp3) is 0.400. The van der Waals surface area contributed by atoms with Gasteiger partial charge in [-0.25, -0.2) is 15.0 Å². The molecule has 3 aromatic rings. The Balaban J connectivity index is 1.60. The molecule has 0 spiro atoms. The summed E-state index contributed by atoms with van der Waals surface area (Å²) in [7, 11) is 0. The molecular formula is C20H20F3N5S. The van der Waals surface area contributed by atoms with Crippen molar-refractivity contribution in [3.63, 3.8) is 0 Å². The van der Waals surface area contributed by atoms with E-state index >= 15 is 0 Å². The Bertz CT molecular complexity index is 974. The highest BCUT2D eigenvalue weighted by Crippen LogP contribution is 2.36. The Hall–Kier alpha value is -2.55. The van der Waals surface area contributed by atoms with Gasteiger partial charge in [-0.15, -0.1) is 11.3 Å². The van der Waals surface area contributed by atoms with Crippen molar-refractivity contribution in [2.45, 2.75) is 38.3 Å². The SMILES string of the molecule is CCc1cc(N2CCCC(c3nc(C(F)(F)F)cs3)C2)nc(-c2ccccn2)n1. The molecule has 0 amide bonds. The molecule has 1 unspecified atom stereocenters. The second kappa shape index (κ2) is 8.06. The summed E-state index contributed by atoms with van der Waals surface area (Å²) in [6, 6.07) is 7.55. The van der Waals surface area contributed by atoms with Gasteiger partial charge in [0.25, 0.3) is 0 Å². The molecule has 1 aliphatic rings. The van der Waals surface area contributed by atoms with Crippen LogP contribution in [0.5, 0.6) is 0 Å². The average Bonchev–Trinajstić information content (AvgIpc) is 3.25. The standard InChI is InChI=1S/C20H20F3N5S/c1-2-14-10-17(27-18(25-14)15-7-3-4-8-24-15)28-9-5-6-13(11-28)19-26-16(12-29-19)20(21,22)23/h3-4,7-8,10,12-13H,2,5-6,9,11H2,1H3. The minimum atomic E-state index is -4.40. The molecule has 0 bridgehead atoms. The molecule has 1 fully saturated rings. The number of anilines is 1. The van der Waals surface area contributed by atoms with Gasteiger partial charge in [0.05, 0.1) is 5.01 Å². The highest BCUT2D eigenvalue weighted by atomic mass is 32.1. The summed E-state index contributed by atoms with van der Waals surface area (Å²) < 4.78 is 38.7. The fourth-order valence-electron chi connectivity index (χ4n) is 3.43. The fourth-order valence-corrected chi connectivity index (χ4v) is 4.38. The van der Waals surface area contributed by atoms with Crippen molar-refractivity contribution < 1.29 is 13.2 Å². The number of aryl methyl sites for hydroxylation is 1. The number of aromatic nitrogens is 4. The largest absolute Gasteiger partial charge is 0.434 e. The molecule has 0 saturated carbocycles. The second-order valence-corrected chi connectivity index (χ2v) is 7.85. The number of pyridine rings is 1. The highest BCUT2D eigenvalue weighted by Gasteiger charge is 2.35. The zero-order valence-corrected chi connectivity index (χ0v) is 16.7. The summed E-state index contributed by atoms with van der Waals surface area (Å²) >= 11 is 1.09. The van der Waals surface area contributed by atoms with Crippen molar-refractivity contribution in [2.24, 2.45) is 0 Å². The van der Waals surface area contributed by atoms with Crippen molar-refractivity contribution in [3.8, 4) is 11.5 Å². The number of thiazole rings is 1. The van der Waals surface area contributed by atoms with Crippen molar-refractivity contribution in [3.05, 3.63) is 52.2 Å². The third-order valence-corrected chi connectivity index (χ3v) is 5.94. The van der Waals surface area contributed by atoms with Crippen molar-refractivity contribution in [1.82, 2.24) is 19.9 Å². The molecule has 3 aromatic heterocycles. The third kappa shape index (κ3) is 4.39. The van der Waals surface area contributed by atoms with Crippen LogP contribution in [0.1, 0.15) is 42.1 Å². The van der Waals surface area contributed by atoms with Crippen LogP contribution < -0.4 is 4.90 Å². The van der Waals surface area contributed by atoms with E-state index in [2.05, 4.69) is 19.9 Å². The van der Waals surface area contributed by atoms with Crippen molar-refractivity contribution in [1.29, 1.82) is 0 Å². The van der Waals surface area contributed by atoms with Gasteiger partial charge in [-0.05, 0) is 31.4 Å². The number of piperidine rings is 1. The van der Waals surface area contributed by atoms with Crippen LogP contribution in [0.15, 0.2) is 35.8 Å². The van der Waals surface area contributed by atoms with Crippen LogP contribution in [0.2, 0.25) is 0 Å². The summed E-state index contributed by atoms with van der Waals surface area (Å²) in [6.07, 6.45) is -0.248. The van der Waals surface area contributed by atoms with Crippen LogP contribution in [-0.4, -0.2) is 33.0 Å². The molecule has 0 radical (unpaired) electrons. The Labute approximate surface area is 170 Å². The summed E-state index contributed by atoms with van der Waals surface area (Å²) in [5, 5.41) is 1.64. The van der Waals surface area contributed by atoms with Gasteiger partial charge in [-0.2, -0.15) is 13.2 Å². The average molecular weight is 419 g/mol. The summed E-state index contributed by atoms with van der Waals surface area (Å²) in [5.74, 6) is 1.31. The maximum atomic E-state index is 12.9. The van der Waals surface area contributed by atoms with Crippen LogP contribution in [0.4, 0.5) is 19.0 Å². The van der Waals surface area contributed by atoms with Gasteiger partial charge in [0.2, 0.25) is 0 Å². The first-order chi connectivity index (χ1) is 13.9. The van der Waals surface area contributed by atoms with Gasteiger partial charge < -0.3 is 4.90 Å². The Morgan fingerprint density at radius 2 is 2.07 bits per heavy atom. The molecule has 5 nitrogen and oxygen atoms in total. The third-order valence-electron chi connectivity index (χ3n) is 4.93. The van der Waals surface area contributed by atoms with E-state index in [1.807, 2.05) is 31.2 Å². The molecule has 0 N–H and O–H groups in total. The molecule has 29 heavy (non-hydrogen) atoms. The van der Waals surface area contributed by atoms with E-state index in [9.17, 15) is 13.2 Å². The van der Waals surface area contributed by atoms with E-state index in [1.54, 1.807) is 6.20 Å².